The van der Waals surface area contributed by atoms with Crippen molar-refractivity contribution >= 4 is 45.2 Å². The van der Waals surface area contributed by atoms with Gasteiger partial charge in [-0.3, -0.25) is 9.67 Å². The predicted molar refractivity (Wildman–Crippen MR) is 157 cm³/mol. The van der Waals surface area contributed by atoms with E-state index in [1.165, 1.54) is 12.1 Å². The second-order valence-corrected chi connectivity index (χ2v) is 10.6. The van der Waals surface area contributed by atoms with Crippen LogP contribution in [-0.4, -0.2) is 26.5 Å². The molecule has 5 nitrogen and oxygen atoms in total. The molecule has 0 fully saturated rings. The van der Waals surface area contributed by atoms with Crippen LogP contribution >= 0.6 is 0 Å². The number of alkyl halides is 3. The number of H-pyrrole nitrogens is 1. The van der Waals surface area contributed by atoms with Gasteiger partial charge < -0.3 is 0 Å². The van der Waals surface area contributed by atoms with Gasteiger partial charge in [-0.25, -0.2) is 4.98 Å². The van der Waals surface area contributed by atoms with Crippen molar-refractivity contribution in [1.82, 2.24) is 19.7 Å². The fourth-order valence-electron chi connectivity index (χ4n) is 5.94. The number of nitrogens with one attached hydrogen (secondary N) is 1. The standard InChI is InChI=1S/C32H25BF3N5/c1-18-8-10-26-24(14-18)25-15-22(32(34,35)36)9-11-27(25)41(26)30-7-5-6-28(38-30)33(29-16-23(17-37)39-40-29)31-20(3)12-19(2)13-21(31)4/h5-16H,1-4H3,(H,39,40). The van der Waals surface area contributed by atoms with Crippen molar-refractivity contribution in [2.24, 2.45) is 0 Å². The van der Waals surface area contributed by atoms with Crippen molar-refractivity contribution in [3.05, 3.63) is 106 Å². The molecule has 0 aliphatic carbocycles. The molecule has 202 valence electrons. The maximum atomic E-state index is 13.7. The second-order valence-electron chi connectivity index (χ2n) is 10.6. The highest BCUT2D eigenvalue weighted by Gasteiger charge is 2.32. The Morgan fingerprint density at radius 2 is 1.51 bits per heavy atom. The summed E-state index contributed by atoms with van der Waals surface area (Å²) in [5, 5.41) is 17.9. The zero-order valence-electron chi connectivity index (χ0n) is 22.9. The number of benzene rings is 3. The van der Waals surface area contributed by atoms with Crippen LogP contribution in [0.25, 0.3) is 27.6 Å². The maximum Gasteiger partial charge on any atom is 0.416 e. The molecule has 6 aromatic rings. The summed E-state index contributed by atoms with van der Waals surface area (Å²) in [5.74, 6) is 0.582. The van der Waals surface area contributed by atoms with E-state index in [9.17, 15) is 18.4 Å². The van der Waals surface area contributed by atoms with Crippen molar-refractivity contribution in [1.29, 1.82) is 5.26 Å². The van der Waals surface area contributed by atoms with E-state index in [2.05, 4.69) is 49.2 Å². The first-order valence-electron chi connectivity index (χ1n) is 13.2. The van der Waals surface area contributed by atoms with Gasteiger partial charge in [-0.1, -0.05) is 52.0 Å². The van der Waals surface area contributed by atoms with Crippen LogP contribution in [-0.2, 0) is 6.18 Å². The first kappa shape index (κ1) is 26.4. The molecular formula is C32H25BF3N5. The van der Waals surface area contributed by atoms with Crippen LogP contribution in [0.5, 0.6) is 0 Å². The Bertz CT molecular complexity index is 1990. The Balaban J connectivity index is 1.61. The molecule has 1 N–H and O–H groups in total. The predicted octanol–water partition coefficient (Wildman–Crippen LogP) is 5.54. The van der Waals surface area contributed by atoms with Gasteiger partial charge in [0.2, 0.25) is 0 Å². The highest BCUT2D eigenvalue weighted by atomic mass is 19.4. The highest BCUT2D eigenvalue weighted by Crippen LogP contribution is 2.37. The largest absolute Gasteiger partial charge is 0.416 e. The minimum atomic E-state index is -4.45. The first-order chi connectivity index (χ1) is 19.5. The first-order valence-corrected chi connectivity index (χ1v) is 13.2. The average molecular weight is 547 g/mol. The normalized spacial score (nSPS) is 11.8. The Hall–Kier alpha value is -4.84. The molecule has 3 heterocycles. The summed E-state index contributed by atoms with van der Waals surface area (Å²) in [4.78, 5) is 5.11. The minimum Gasteiger partial charge on any atom is -0.294 e. The summed E-state index contributed by atoms with van der Waals surface area (Å²) in [6, 6.07) is 23.4. The topological polar surface area (TPSA) is 70.3 Å². The maximum absolute atomic E-state index is 13.7. The van der Waals surface area contributed by atoms with E-state index in [0.717, 1.165) is 55.9 Å². The van der Waals surface area contributed by atoms with Crippen molar-refractivity contribution < 1.29 is 13.2 Å². The fraction of sp³-hybridized carbons (Fsp3) is 0.156. The molecule has 3 aromatic heterocycles. The molecular weight excluding hydrogens is 522 g/mol. The van der Waals surface area contributed by atoms with Gasteiger partial charge in [0.15, 0.2) is 5.69 Å². The number of nitriles is 1. The van der Waals surface area contributed by atoms with E-state index in [1.807, 2.05) is 47.9 Å². The van der Waals surface area contributed by atoms with E-state index < -0.39 is 11.7 Å². The highest BCUT2D eigenvalue weighted by molar-refractivity contribution is 6.95. The monoisotopic (exact) mass is 547 g/mol. The quantitative estimate of drug-likeness (QED) is 0.295. The average Bonchev–Trinajstić information content (AvgIpc) is 3.52. The van der Waals surface area contributed by atoms with Crippen LogP contribution in [0.4, 0.5) is 13.2 Å². The van der Waals surface area contributed by atoms with Crippen LogP contribution in [0, 0.1) is 39.0 Å². The van der Waals surface area contributed by atoms with Gasteiger partial charge in [-0.05, 0) is 76.2 Å². The number of aryl methyl sites for hydroxylation is 4. The summed E-state index contributed by atoms with van der Waals surface area (Å²) in [5.41, 5.74) is 7.76. The molecule has 0 spiro atoms. The summed E-state index contributed by atoms with van der Waals surface area (Å²) in [6.45, 7) is 7.74. The van der Waals surface area contributed by atoms with Gasteiger partial charge >= 0.3 is 6.18 Å². The molecule has 0 aliphatic heterocycles. The number of aromatic amines is 1. The third kappa shape index (κ3) is 4.55. The molecule has 0 unspecified atom stereocenters. The third-order valence-corrected chi connectivity index (χ3v) is 7.58. The zero-order chi connectivity index (χ0) is 29.1. The SMILES string of the molecule is Cc1cc(C)c(B(c2cccc(-n3c4ccc(C)cc4c4cc(C(F)(F)F)ccc43)n2)c2cc(C#N)n[nH]2)c(C)c1. The van der Waals surface area contributed by atoms with Crippen molar-refractivity contribution in [3.8, 4) is 11.9 Å². The Labute approximate surface area is 235 Å². The van der Waals surface area contributed by atoms with Gasteiger partial charge in [0, 0.05) is 22.0 Å². The van der Waals surface area contributed by atoms with Gasteiger partial charge in [-0.2, -0.15) is 23.5 Å². The molecule has 3 aromatic carbocycles. The molecule has 0 atom stereocenters. The summed E-state index contributed by atoms with van der Waals surface area (Å²) >= 11 is 0. The number of hydrogen-bond acceptors (Lipinski definition) is 3. The van der Waals surface area contributed by atoms with E-state index in [4.69, 9.17) is 4.98 Å². The number of aromatic nitrogens is 4. The van der Waals surface area contributed by atoms with Crippen LogP contribution in [0.1, 0.15) is 33.5 Å². The van der Waals surface area contributed by atoms with E-state index in [0.29, 0.717) is 16.7 Å². The van der Waals surface area contributed by atoms with Crippen LogP contribution in [0.15, 0.2) is 72.8 Å². The third-order valence-electron chi connectivity index (χ3n) is 7.58. The van der Waals surface area contributed by atoms with Crippen molar-refractivity contribution in [2.45, 2.75) is 33.9 Å². The van der Waals surface area contributed by atoms with Gasteiger partial charge in [0.05, 0.1) is 16.6 Å². The lowest BCUT2D eigenvalue weighted by Gasteiger charge is -2.19. The number of rotatable bonds is 4. The number of nitrogens with zero attached hydrogens (tertiary/aromatic N) is 4. The molecule has 6 rings (SSSR count). The Morgan fingerprint density at radius 1 is 0.829 bits per heavy atom. The lowest BCUT2D eigenvalue weighted by molar-refractivity contribution is -0.137. The summed E-state index contributed by atoms with van der Waals surface area (Å²) in [6.07, 6.45) is -4.45. The number of hydrogen-bond donors (Lipinski definition) is 1. The Morgan fingerprint density at radius 3 is 2.17 bits per heavy atom. The number of pyridine rings is 1. The number of fused-ring (bicyclic) bond motifs is 3. The van der Waals surface area contributed by atoms with Crippen LogP contribution in [0.3, 0.4) is 0 Å². The molecule has 0 radical (unpaired) electrons. The summed E-state index contributed by atoms with van der Waals surface area (Å²) < 4.78 is 42.9. The van der Waals surface area contributed by atoms with Gasteiger partial charge in [-0.15, -0.1) is 0 Å². The lowest BCUT2D eigenvalue weighted by Crippen LogP contribution is -2.56. The second kappa shape index (κ2) is 9.67. The molecule has 41 heavy (non-hydrogen) atoms. The lowest BCUT2D eigenvalue weighted by atomic mass is 9.38. The molecule has 0 saturated heterocycles. The van der Waals surface area contributed by atoms with Crippen molar-refractivity contribution in [3.63, 3.8) is 0 Å². The van der Waals surface area contributed by atoms with E-state index in [1.54, 1.807) is 6.07 Å². The summed E-state index contributed by atoms with van der Waals surface area (Å²) in [7, 11) is 0. The minimum absolute atomic E-state index is 0.279. The molecule has 9 heteroatoms. The fourth-order valence-corrected chi connectivity index (χ4v) is 5.94. The van der Waals surface area contributed by atoms with E-state index >= 15 is 0 Å². The molecule has 0 bridgehead atoms. The zero-order valence-corrected chi connectivity index (χ0v) is 22.9. The molecule has 0 aliphatic rings. The Kier molecular flexibility index (Phi) is 6.22. The smallest absolute Gasteiger partial charge is 0.294 e. The van der Waals surface area contributed by atoms with Crippen LogP contribution in [0.2, 0.25) is 0 Å². The molecule has 0 amide bonds. The van der Waals surface area contributed by atoms with Gasteiger partial charge in [0.25, 0.3) is 6.71 Å². The van der Waals surface area contributed by atoms with Crippen molar-refractivity contribution in [2.75, 3.05) is 0 Å². The molecule has 0 saturated carbocycles. The number of halogens is 3. The van der Waals surface area contributed by atoms with Crippen LogP contribution < -0.4 is 16.6 Å². The van der Waals surface area contributed by atoms with E-state index in [-0.39, 0.29) is 12.4 Å². The van der Waals surface area contributed by atoms with Gasteiger partial charge in [0.1, 0.15) is 11.9 Å².